The number of nitrogens with one attached hydrogen (secondary N) is 1. The van der Waals surface area contributed by atoms with Crippen molar-refractivity contribution in [2.24, 2.45) is 5.92 Å². The van der Waals surface area contributed by atoms with Crippen molar-refractivity contribution in [1.82, 2.24) is 20.1 Å². The van der Waals surface area contributed by atoms with Crippen molar-refractivity contribution < 1.29 is 9.53 Å². The number of nitrogens with zero attached hydrogens (tertiary/aromatic N) is 3. The van der Waals surface area contributed by atoms with Gasteiger partial charge < -0.3 is 10.1 Å². The molecule has 0 radical (unpaired) electrons. The number of methoxy groups -OCH3 is 1. The molecular formula is C19H28N4O2. The number of aryl methyl sites for hydroxylation is 1. The molecule has 0 unspecified atom stereocenters. The first-order valence-corrected chi connectivity index (χ1v) is 8.69. The van der Waals surface area contributed by atoms with E-state index >= 15 is 0 Å². The van der Waals surface area contributed by atoms with Gasteiger partial charge in [-0.1, -0.05) is 13.8 Å². The monoisotopic (exact) mass is 344 g/mol. The summed E-state index contributed by atoms with van der Waals surface area (Å²) in [6.45, 7) is 9.83. The zero-order chi connectivity index (χ0) is 18.4. The van der Waals surface area contributed by atoms with Gasteiger partial charge in [0.25, 0.3) is 0 Å². The van der Waals surface area contributed by atoms with Crippen LogP contribution in [-0.2, 0) is 24.3 Å². The summed E-state index contributed by atoms with van der Waals surface area (Å²) in [6, 6.07) is 3.69. The zero-order valence-electron chi connectivity index (χ0n) is 15.8. The molecule has 1 N–H and O–H groups in total. The number of hydrogen-bond donors (Lipinski definition) is 1. The third-order valence-corrected chi connectivity index (χ3v) is 4.17. The van der Waals surface area contributed by atoms with Crippen LogP contribution in [0.15, 0.2) is 18.3 Å². The Bertz CT molecular complexity index is 722. The number of carbonyl (C=O) groups excluding carboxylic acids is 1. The van der Waals surface area contributed by atoms with E-state index in [0.29, 0.717) is 31.2 Å². The van der Waals surface area contributed by atoms with Crippen molar-refractivity contribution in [2.75, 3.05) is 7.11 Å². The van der Waals surface area contributed by atoms with Crippen LogP contribution in [0.1, 0.15) is 42.8 Å². The highest BCUT2D eigenvalue weighted by Gasteiger charge is 2.13. The van der Waals surface area contributed by atoms with Gasteiger partial charge in [-0.2, -0.15) is 5.10 Å². The topological polar surface area (TPSA) is 69.0 Å². The molecule has 2 heterocycles. The minimum atomic E-state index is 0.0335. The molecule has 2 rings (SSSR count). The van der Waals surface area contributed by atoms with E-state index < -0.39 is 0 Å². The normalized spacial score (nSPS) is 11.0. The van der Waals surface area contributed by atoms with E-state index in [0.717, 1.165) is 23.5 Å². The average molecular weight is 344 g/mol. The molecule has 0 aliphatic carbocycles. The summed E-state index contributed by atoms with van der Waals surface area (Å²) < 4.78 is 7.14. The Hall–Kier alpha value is -2.37. The largest absolute Gasteiger partial charge is 0.481 e. The standard InChI is InChI=1S/C19H28N4O2/c1-13(2)12-23-15(4)17(14(3)22-23)6-7-18(24)21-11-16-8-9-20-19(10-16)25-5/h8-10,13H,6-7,11-12H2,1-5H3,(H,21,24). The lowest BCUT2D eigenvalue weighted by molar-refractivity contribution is -0.121. The Morgan fingerprint density at radius 1 is 1.36 bits per heavy atom. The van der Waals surface area contributed by atoms with Gasteiger partial charge in [0, 0.05) is 37.5 Å². The lowest BCUT2D eigenvalue weighted by Gasteiger charge is -2.08. The maximum atomic E-state index is 12.2. The van der Waals surface area contributed by atoms with Gasteiger partial charge in [-0.25, -0.2) is 4.98 Å². The van der Waals surface area contributed by atoms with Crippen LogP contribution in [0.4, 0.5) is 0 Å². The molecule has 6 nitrogen and oxygen atoms in total. The fraction of sp³-hybridized carbons (Fsp3) is 0.526. The molecule has 136 valence electrons. The second kappa shape index (κ2) is 8.65. The van der Waals surface area contributed by atoms with E-state index in [2.05, 4.69) is 40.9 Å². The van der Waals surface area contributed by atoms with Crippen LogP contribution >= 0.6 is 0 Å². The third-order valence-electron chi connectivity index (χ3n) is 4.17. The molecule has 1 amide bonds. The first kappa shape index (κ1) is 19.0. The summed E-state index contributed by atoms with van der Waals surface area (Å²) in [4.78, 5) is 16.2. The molecular weight excluding hydrogens is 316 g/mol. The molecule has 25 heavy (non-hydrogen) atoms. The summed E-state index contributed by atoms with van der Waals surface area (Å²) in [5.41, 5.74) is 4.33. The van der Waals surface area contributed by atoms with Gasteiger partial charge in [0.2, 0.25) is 11.8 Å². The Morgan fingerprint density at radius 2 is 2.12 bits per heavy atom. The molecule has 0 fully saturated rings. The summed E-state index contributed by atoms with van der Waals surface area (Å²) >= 11 is 0. The van der Waals surface area contributed by atoms with Crippen molar-refractivity contribution in [2.45, 2.75) is 53.6 Å². The predicted octanol–water partition coefficient (Wildman–Crippen LogP) is 2.81. The van der Waals surface area contributed by atoms with Gasteiger partial charge in [-0.15, -0.1) is 0 Å². The fourth-order valence-electron chi connectivity index (χ4n) is 2.82. The second-order valence-electron chi connectivity index (χ2n) is 6.71. The van der Waals surface area contributed by atoms with Crippen LogP contribution in [0, 0.1) is 19.8 Å². The smallest absolute Gasteiger partial charge is 0.220 e. The van der Waals surface area contributed by atoms with Gasteiger partial charge in [-0.05, 0) is 43.4 Å². The summed E-state index contributed by atoms with van der Waals surface area (Å²) in [7, 11) is 1.58. The van der Waals surface area contributed by atoms with Crippen LogP contribution in [0.25, 0.3) is 0 Å². The third kappa shape index (κ3) is 5.31. The van der Waals surface area contributed by atoms with Crippen molar-refractivity contribution in [1.29, 1.82) is 0 Å². The maximum absolute atomic E-state index is 12.2. The number of pyridine rings is 1. The van der Waals surface area contributed by atoms with E-state index in [4.69, 9.17) is 4.74 Å². The van der Waals surface area contributed by atoms with E-state index in [1.165, 1.54) is 5.56 Å². The molecule has 0 saturated heterocycles. The highest BCUT2D eigenvalue weighted by atomic mass is 16.5. The van der Waals surface area contributed by atoms with Gasteiger partial charge >= 0.3 is 0 Å². The van der Waals surface area contributed by atoms with Crippen LogP contribution in [-0.4, -0.2) is 27.8 Å². The molecule has 6 heteroatoms. The minimum Gasteiger partial charge on any atom is -0.481 e. The first-order valence-electron chi connectivity index (χ1n) is 8.69. The fourth-order valence-corrected chi connectivity index (χ4v) is 2.82. The molecule has 2 aromatic heterocycles. The van der Waals surface area contributed by atoms with Gasteiger partial charge in [0.15, 0.2) is 0 Å². The molecule has 0 spiro atoms. The number of rotatable bonds is 8. The molecule has 0 bridgehead atoms. The SMILES string of the molecule is COc1cc(CNC(=O)CCc2c(C)nn(CC(C)C)c2C)ccn1. The Kier molecular flexibility index (Phi) is 6.56. The zero-order valence-corrected chi connectivity index (χ0v) is 15.8. The Balaban J connectivity index is 1.88. The highest BCUT2D eigenvalue weighted by Crippen LogP contribution is 2.16. The average Bonchev–Trinajstić information content (AvgIpc) is 2.84. The molecule has 0 aliphatic rings. The van der Waals surface area contributed by atoms with Crippen LogP contribution in [0.5, 0.6) is 5.88 Å². The number of hydrogen-bond acceptors (Lipinski definition) is 4. The Morgan fingerprint density at radius 3 is 2.80 bits per heavy atom. The Labute approximate surface area is 149 Å². The molecule has 0 aromatic carbocycles. The lowest BCUT2D eigenvalue weighted by atomic mass is 10.1. The van der Waals surface area contributed by atoms with Gasteiger partial charge in [0.1, 0.15) is 0 Å². The van der Waals surface area contributed by atoms with Gasteiger partial charge in [-0.3, -0.25) is 9.48 Å². The van der Waals surface area contributed by atoms with E-state index in [9.17, 15) is 4.79 Å². The van der Waals surface area contributed by atoms with Crippen molar-refractivity contribution in [3.05, 3.63) is 40.8 Å². The number of amides is 1. The van der Waals surface area contributed by atoms with Crippen molar-refractivity contribution >= 4 is 5.91 Å². The van der Waals surface area contributed by atoms with Crippen molar-refractivity contribution in [3.8, 4) is 5.88 Å². The maximum Gasteiger partial charge on any atom is 0.220 e. The van der Waals surface area contributed by atoms with E-state index in [-0.39, 0.29) is 5.91 Å². The van der Waals surface area contributed by atoms with Crippen LogP contribution in [0.2, 0.25) is 0 Å². The number of carbonyl (C=O) groups is 1. The minimum absolute atomic E-state index is 0.0335. The molecule has 2 aromatic rings. The van der Waals surface area contributed by atoms with E-state index in [1.54, 1.807) is 13.3 Å². The highest BCUT2D eigenvalue weighted by molar-refractivity contribution is 5.76. The summed E-state index contributed by atoms with van der Waals surface area (Å²) in [6.07, 6.45) is 2.84. The van der Waals surface area contributed by atoms with Crippen molar-refractivity contribution in [3.63, 3.8) is 0 Å². The number of ether oxygens (including phenoxy) is 1. The van der Waals surface area contributed by atoms with Gasteiger partial charge in [0.05, 0.1) is 12.8 Å². The summed E-state index contributed by atoms with van der Waals surface area (Å²) in [5.74, 6) is 1.13. The molecule has 0 atom stereocenters. The van der Waals surface area contributed by atoms with Crippen LogP contribution < -0.4 is 10.1 Å². The van der Waals surface area contributed by atoms with E-state index in [1.807, 2.05) is 19.1 Å². The lowest BCUT2D eigenvalue weighted by Crippen LogP contribution is -2.23. The molecule has 0 aliphatic heterocycles. The number of aromatic nitrogens is 3. The first-order chi connectivity index (χ1) is 11.9. The second-order valence-corrected chi connectivity index (χ2v) is 6.71. The van der Waals surface area contributed by atoms with Crippen LogP contribution in [0.3, 0.4) is 0 Å². The predicted molar refractivity (Wildman–Crippen MR) is 97.5 cm³/mol. The quantitative estimate of drug-likeness (QED) is 0.799. The molecule has 0 saturated carbocycles. The summed E-state index contributed by atoms with van der Waals surface area (Å²) in [5, 5.41) is 7.55.